The van der Waals surface area contributed by atoms with Gasteiger partial charge in [0.2, 0.25) is 5.76 Å². The number of hydrogen-bond donors (Lipinski definition) is 0. The topological polar surface area (TPSA) is 86.0 Å². The Hall–Kier alpha value is -3.61. The Morgan fingerprint density at radius 2 is 1.69 bits per heavy atom. The Morgan fingerprint density at radius 3 is 2.31 bits per heavy atom. The van der Waals surface area contributed by atoms with E-state index in [9.17, 15) is 14.4 Å². The van der Waals surface area contributed by atoms with Crippen molar-refractivity contribution in [2.45, 2.75) is 6.92 Å². The highest BCUT2D eigenvalue weighted by Gasteiger charge is 2.39. The highest BCUT2D eigenvalue weighted by Crippen LogP contribution is 2.29. The molecule has 26 heavy (non-hydrogen) atoms. The zero-order valence-corrected chi connectivity index (χ0v) is 13.9. The Morgan fingerprint density at radius 1 is 1.04 bits per heavy atom. The number of furan rings is 1. The van der Waals surface area contributed by atoms with E-state index < -0.39 is 17.8 Å². The molecule has 130 valence electrons. The van der Waals surface area contributed by atoms with Gasteiger partial charge in [-0.3, -0.25) is 9.59 Å². The molecule has 0 saturated heterocycles. The highest BCUT2D eigenvalue weighted by atomic mass is 16.7. The van der Waals surface area contributed by atoms with Gasteiger partial charge in [0.05, 0.1) is 18.2 Å². The number of carbonyl (C=O) groups excluding carboxylic acids is 3. The van der Waals surface area contributed by atoms with Crippen LogP contribution in [0, 0.1) is 6.92 Å². The van der Waals surface area contributed by atoms with Crippen molar-refractivity contribution >= 4 is 28.8 Å². The molecule has 0 N–H and O–H groups in total. The molecule has 0 bridgehead atoms. The number of ether oxygens (including phenoxy) is 1. The molecule has 0 radical (unpaired) electrons. The number of benzene rings is 2. The Kier molecular flexibility index (Phi) is 3.50. The van der Waals surface area contributed by atoms with Gasteiger partial charge in [0, 0.05) is 11.5 Å². The summed E-state index contributed by atoms with van der Waals surface area (Å²) in [4.78, 5) is 41.9. The third-order valence-electron chi connectivity index (χ3n) is 4.19. The van der Waals surface area contributed by atoms with Gasteiger partial charge in [-0.2, -0.15) is 0 Å². The molecule has 7 heteroatoms. The average Bonchev–Trinajstić information content (AvgIpc) is 3.18. The molecule has 2 aromatic carbocycles. The molecule has 2 heterocycles. The van der Waals surface area contributed by atoms with Crippen LogP contribution in [0.5, 0.6) is 5.75 Å². The molecular formula is C19H13NO6. The fourth-order valence-electron chi connectivity index (χ4n) is 2.88. The van der Waals surface area contributed by atoms with Crippen molar-refractivity contribution in [3.05, 3.63) is 64.9 Å². The summed E-state index contributed by atoms with van der Waals surface area (Å²) in [6, 6.07) is 11.2. The molecule has 4 rings (SSSR count). The highest BCUT2D eigenvalue weighted by molar-refractivity contribution is 6.21. The second-order valence-electron chi connectivity index (χ2n) is 5.80. The number of carbonyl (C=O) groups is 3. The number of rotatable bonds is 3. The van der Waals surface area contributed by atoms with Crippen LogP contribution in [-0.4, -0.2) is 30.0 Å². The van der Waals surface area contributed by atoms with Crippen molar-refractivity contribution in [3.63, 3.8) is 0 Å². The molecule has 1 aromatic heterocycles. The van der Waals surface area contributed by atoms with Crippen LogP contribution < -0.4 is 4.74 Å². The lowest BCUT2D eigenvalue weighted by Crippen LogP contribution is -2.32. The maximum Gasteiger partial charge on any atom is 0.399 e. The smallest absolute Gasteiger partial charge is 0.399 e. The molecule has 0 aliphatic carbocycles. The summed E-state index contributed by atoms with van der Waals surface area (Å²) < 4.78 is 10.7. The zero-order chi connectivity index (χ0) is 18.4. The lowest BCUT2D eigenvalue weighted by atomic mass is 10.1. The molecule has 0 saturated carbocycles. The van der Waals surface area contributed by atoms with Crippen LogP contribution in [0.2, 0.25) is 0 Å². The molecule has 0 atom stereocenters. The summed E-state index contributed by atoms with van der Waals surface area (Å²) in [6.45, 7) is 1.85. The first-order chi connectivity index (χ1) is 12.5. The fraction of sp³-hybridized carbons (Fsp3) is 0.105. The van der Waals surface area contributed by atoms with E-state index >= 15 is 0 Å². The molecule has 3 aromatic rings. The van der Waals surface area contributed by atoms with Crippen LogP contribution in [0.3, 0.4) is 0 Å². The Bertz CT molecular complexity index is 1050. The predicted molar refractivity (Wildman–Crippen MR) is 89.9 cm³/mol. The lowest BCUT2D eigenvalue weighted by Gasteiger charge is -2.11. The van der Waals surface area contributed by atoms with E-state index in [4.69, 9.17) is 14.0 Å². The van der Waals surface area contributed by atoms with E-state index in [1.807, 2.05) is 6.92 Å². The standard InChI is InChI=1S/C19H13NO6/c1-10-7-11(24-2)8-15-14(10)9-16(25-15)19(23)26-20-17(21)12-5-3-4-6-13(12)18(20)22/h3-9H,1-2H3. The quantitative estimate of drug-likeness (QED) is 0.674. The first kappa shape index (κ1) is 15.9. The van der Waals surface area contributed by atoms with Crippen LogP contribution >= 0.6 is 0 Å². The molecule has 1 aliphatic heterocycles. The summed E-state index contributed by atoms with van der Waals surface area (Å²) in [5, 5.41) is 1.16. The van der Waals surface area contributed by atoms with E-state index in [1.54, 1.807) is 24.3 Å². The minimum Gasteiger partial charge on any atom is -0.497 e. The minimum absolute atomic E-state index is 0.118. The first-order valence-electron chi connectivity index (χ1n) is 7.78. The second-order valence-corrected chi connectivity index (χ2v) is 5.80. The van der Waals surface area contributed by atoms with Crippen LogP contribution in [0.1, 0.15) is 36.8 Å². The number of hydroxylamine groups is 2. The van der Waals surface area contributed by atoms with E-state index in [2.05, 4.69) is 0 Å². The number of nitrogens with zero attached hydrogens (tertiary/aromatic N) is 1. The summed E-state index contributed by atoms with van der Waals surface area (Å²) in [5.41, 5.74) is 1.67. The third-order valence-corrected chi connectivity index (χ3v) is 4.19. The van der Waals surface area contributed by atoms with E-state index in [-0.39, 0.29) is 16.9 Å². The van der Waals surface area contributed by atoms with Gasteiger partial charge in [-0.1, -0.05) is 17.2 Å². The fourth-order valence-corrected chi connectivity index (χ4v) is 2.88. The van der Waals surface area contributed by atoms with Gasteiger partial charge >= 0.3 is 5.97 Å². The summed E-state index contributed by atoms with van der Waals surface area (Å²) in [6.07, 6.45) is 0. The van der Waals surface area contributed by atoms with Crippen molar-refractivity contribution in [1.29, 1.82) is 0 Å². The first-order valence-corrected chi connectivity index (χ1v) is 7.78. The SMILES string of the molecule is COc1cc(C)c2cc(C(=O)ON3C(=O)c4ccccc4C3=O)oc2c1. The molecule has 0 fully saturated rings. The Labute approximate surface area is 147 Å². The number of fused-ring (bicyclic) bond motifs is 2. The summed E-state index contributed by atoms with van der Waals surface area (Å²) >= 11 is 0. The molecule has 7 nitrogen and oxygen atoms in total. The second kappa shape index (κ2) is 5.73. The summed E-state index contributed by atoms with van der Waals surface area (Å²) in [5.74, 6) is -1.84. The van der Waals surface area contributed by atoms with Crippen LogP contribution in [0.25, 0.3) is 11.0 Å². The molecule has 0 unspecified atom stereocenters. The van der Waals surface area contributed by atoms with Crippen LogP contribution in [0.4, 0.5) is 0 Å². The van der Waals surface area contributed by atoms with E-state index in [1.165, 1.54) is 25.3 Å². The van der Waals surface area contributed by atoms with Crippen LogP contribution in [-0.2, 0) is 4.84 Å². The predicted octanol–water partition coefficient (Wildman–Crippen LogP) is 3.12. The minimum atomic E-state index is -0.936. The van der Waals surface area contributed by atoms with Gasteiger partial charge in [0.15, 0.2) is 0 Å². The van der Waals surface area contributed by atoms with Gasteiger partial charge in [-0.25, -0.2) is 4.79 Å². The van der Waals surface area contributed by atoms with Crippen molar-refractivity contribution < 1.29 is 28.4 Å². The van der Waals surface area contributed by atoms with Crippen LogP contribution in [0.15, 0.2) is 46.9 Å². The maximum atomic E-state index is 12.4. The number of amides is 2. The average molecular weight is 351 g/mol. The van der Waals surface area contributed by atoms with E-state index in [0.717, 1.165) is 5.56 Å². The summed E-state index contributed by atoms with van der Waals surface area (Å²) in [7, 11) is 1.53. The molecule has 0 spiro atoms. The monoisotopic (exact) mass is 351 g/mol. The van der Waals surface area contributed by atoms with Gasteiger partial charge in [0.1, 0.15) is 11.3 Å². The molecule has 1 aliphatic rings. The van der Waals surface area contributed by atoms with Gasteiger partial charge in [-0.15, -0.1) is 0 Å². The number of hydrogen-bond acceptors (Lipinski definition) is 6. The molecule has 2 amide bonds. The lowest BCUT2D eigenvalue weighted by molar-refractivity contribution is -0.0602. The van der Waals surface area contributed by atoms with Gasteiger partial charge in [-0.05, 0) is 36.8 Å². The zero-order valence-electron chi connectivity index (χ0n) is 13.9. The van der Waals surface area contributed by atoms with Crippen molar-refractivity contribution in [1.82, 2.24) is 5.06 Å². The van der Waals surface area contributed by atoms with Crippen molar-refractivity contribution in [2.75, 3.05) is 7.11 Å². The van der Waals surface area contributed by atoms with Crippen molar-refractivity contribution in [3.8, 4) is 5.75 Å². The number of imide groups is 1. The van der Waals surface area contributed by atoms with Gasteiger partial charge in [0.25, 0.3) is 11.8 Å². The largest absolute Gasteiger partial charge is 0.497 e. The number of methoxy groups -OCH3 is 1. The van der Waals surface area contributed by atoms with Crippen molar-refractivity contribution in [2.24, 2.45) is 0 Å². The normalized spacial score (nSPS) is 13.2. The van der Waals surface area contributed by atoms with Gasteiger partial charge < -0.3 is 14.0 Å². The van der Waals surface area contributed by atoms with E-state index in [0.29, 0.717) is 21.8 Å². The number of aryl methyl sites for hydroxylation is 1. The Balaban J connectivity index is 1.63. The third kappa shape index (κ3) is 2.33. The molecular weight excluding hydrogens is 338 g/mol. The maximum absolute atomic E-state index is 12.4.